The number of nitriles is 2. The zero-order valence-corrected chi connectivity index (χ0v) is 15.0. The molecule has 1 aromatic carbocycles. The summed E-state index contributed by atoms with van der Waals surface area (Å²) in [6, 6.07) is 17.1. The molecule has 27 heavy (non-hydrogen) atoms. The van der Waals surface area contributed by atoms with E-state index < -0.39 is 0 Å². The minimum atomic E-state index is -0.318. The monoisotopic (exact) mass is 355 g/mol. The molecule has 0 aliphatic carbocycles. The average Bonchev–Trinajstić information content (AvgIpc) is 2.68. The highest BCUT2D eigenvalue weighted by Crippen LogP contribution is 2.21. The number of hydrogen-bond donors (Lipinski definition) is 0. The van der Waals surface area contributed by atoms with Crippen LogP contribution in [0.15, 0.2) is 59.0 Å². The molecule has 0 aliphatic heterocycles. The van der Waals surface area contributed by atoms with Crippen LogP contribution in [0.1, 0.15) is 16.7 Å². The first-order valence-corrected chi connectivity index (χ1v) is 8.34. The molecule has 2 aromatic heterocycles. The standard InChI is InChI=1S/C21H17N5O/c1-15-7-6-10-26-19(15)24-20(18(21(26)27)11-17(12-22)13-23)25(2)14-16-8-4-3-5-9-16/h3-11H,14H2,1-2H3. The van der Waals surface area contributed by atoms with Crippen molar-refractivity contribution in [1.29, 1.82) is 10.5 Å². The molecule has 3 rings (SSSR count). The lowest BCUT2D eigenvalue weighted by atomic mass is 10.1. The number of nitrogens with zero attached hydrogens (tertiary/aromatic N) is 5. The van der Waals surface area contributed by atoms with E-state index in [1.807, 2.05) is 67.4 Å². The second-order valence-electron chi connectivity index (χ2n) is 6.16. The lowest BCUT2D eigenvalue weighted by molar-refractivity contribution is 0.882. The number of aryl methyl sites for hydroxylation is 1. The molecule has 0 radical (unpaired) electrons. The molecular formula is C21H17N5O. The molecule has 6 nitrogen and oxygen atoms in total. The van der Waals surface area contributed by atoms with Gasteiger partial charge in [0.25, 0.3) is 5.56 Å². The minimum absolute atomic E-state index is 0.143. The molecule has 0 amide bonds. The Morgan fingerprint density at radius 3 is 2.56 bits per heavy atom. The predicted octanol–water partition coefficient (Wildman–Crippen LogP) is 3.07. The number of hydrogen-bond acceptors (Lipinski definition) is 5. The van der Waals surface area contributed by atoms with E-state index in [1.54, 1.807) is 12.3 Å². The highest BCUT2D eigenvalue weighted by molar-refractivity contribution is 5.72. The Balaban J connectivity index is 2.24. The predicted molar refractivity (Wildman–Crippen MR) is 104 cm³/mol. The Labute approximate surface area is 156 Å². The lowest BCUT2D eigenvalue weighted by Crippen LogP contribution is -2.26. The minimum Gasteiger partial charge on any atom is -0.355 e. The number of anilines is 1. The van der Waals surface area contributed by atoms with Crippen molar-refractivity contribution >= 4 is 17.5 Å². The quantitative estimate of drug-likeness (QED) is 0.672. The summed E-state index contributed by atoms with van der Waals surface area (Å²) in [5.41, 5.74) is 2.22. The van der Waals surface area contributed by atoms with Crippen LogP contribution in [-0.2, 0) is 6.54 Å². The summed E-state index contributed by atoms with van der Waals surface area (Å²) in [6.07, 6.45) is 2.94. The third-order valence-electron chi connectivity index (χ3n) is 4.22. The van der Waals surface area contributed by atoms with Gasteiger partial charge in [0.15, 0.2) is 0 Å². The van der Waals surface area contributed by atoms with Crippen molar-refractivity contribution in [3.05, 3.63) is 81.3 Å². The van der Waals surface area contributed by atoms with Crippen LogP contribution in [0.5, 0.6) is 0 Å². The van der Waals surface area contributed by atoms with Gasteiger partial charge in [-0.2, -0.15) is 10.5 Å². The molecule has 0 fully saturated rings. The van der Waals surface area contributed by atoms with Crippen molar-refractivity contribution in [3.8, 4) is 12.1 Å². The average molecular weight is 355 g/mol. The Hall–Kier alpha value is -3.90. The Kier molecular flexibility index (Phi) is 5.01. The first-order valence-electron chi connectivity index (χ1n) is 8.34. The van der Waals surface area contributed by atoms with Gasteiger partial charge in [-0.1, -0.05) is 36.4 Å². The molecule has 0 N–H and O–H groups in total. The maximum atomic E-state index is 13.1. The van der Waals surface area contributed by atoms with Crippen LogP contribution in [0.2, 0.25) is 0 Å². The van der Waals surface area contributed by atoms with Crippen molar-refractivity contribution in [2.75, 3.05) is 11.9 Å². The molecule has 3 aromatic rings. The van der Waals surface area contributed by atoms with Gasteiger partial charge in [-0.25, -0.2) is 4.98 Å². The van der Waals surface area contributed by atoms with E-state index in [2.05, 4.69) is 4.98 Å². The summed E-state index contributed by atoms with van der Waals surface area (Å²) in [7, 11) is 1.83. The molecule has 2 heterocycles. The van der Waals surface area contributed by atoms with E-state index in [-0.39, 0.29) is 16.7 Å². The molecule has 0 bridgehead atoms. The van der Waals surface area contributed by atoms with Crippen LogP contribution in [-0.4, -0.2) is 16.4 Å². The molecular weight excluding hydrogens is 338 g/mol. The van der Waals surface area contributed by atoms with E-state index in [0.717, 1.165) is 11.1 Å². The normalized spacial score (nSPS) is 10.1. The second-order valence-corrected chi connectivity index (χ2v) is 6.16. The number of aromatic nitrogens is 2. The summed E-state index contributed by atoms with van der Waals surface area (Å²) in [4.78, 5) is 19.6. The molecule has 0 spiro atoms. The van der Waals surface area contributed by atoms with Gasteiger partial charge in [0.2, 0.25) is 0 Å². The fraction of sp³-hybridized carbons (Fsp3) is 0.143. The van der Waals surface area contributed by atoms with Crippen LogP contribution in [0.3, 0.4) is 0 Å². The fourth-order valence-corrected chi connectivity index (χ4v) is 2.88. The second kappa shape index (κ2) is 7.55. The largest absolute Gasteiger partial charge is 0.355 e. The SMILES string of the molecule is Cc1cccn2c(=O)c(C=C(C#N)C#N)c(N(C)Cc3ccccc3)nc12. The first kappa shape index (κ1) is 17.9. The first-order chi connectivity index (χ1) is 13.0. The number of fused-ring (bicyclic) bond motifs is 1. The summed E-state index contributed by atoms with van der Waals surface area (Å²) < 4.78 is 1.44. The maximum absolute atomic E-state index is 13.1. The Bertz CT molecular complexity index is 1150. The zero-order valence-electron chi connectivity index (χ0n) is 15.0. The van der Waals surface area contributed by atoms with Crippen molar-refractivity contribution in [2.45, 2.75) is 13.5 Å². The summed E-state index contributed by atoms with van der Waals surface area (Å²) in [5.74, 6) is 0.432. The summed E-state index contributed by atoms with van der Waals surface area (Å²) in [6.45, 7) is 2.42. The third kappa shape index (κ3) is 3.56. The molecule has 0 saturated carbocycles. The van der Waals surface area contributed by atoms with Gasteiger partial charge in [0, 0.05) is 19.8 Å². The van der Waals surface area contributed by atoms with Gasteiger partial charge in [0.05, 0.1) is 5.56 Å². The van der Waals surface area contributed by atoms with E-state index in [0.29, 0.717) is 18.0 Å². The molecule has 0 atom stereocenters. The highest BCUT2D eigenvalue weighted by atomic mass is 16.1. The Morgan fingerprint density at radius 2 is 1.89 bits per heavy atom. The smallest absolute Gasteiger partial charge is 0.267 e. The molecule has 0 saturated heterocycles. The number of pyridine rings is 1. The van der Waals surface area contributed by atoms with Crippen LogP contribution >= 0.6 is 0 Å². The van der Waals surface area contributed by atoms with Crippen molar-refractivity contribution < 1.29 is 0 Å². The lowest BCUT2D eigenvalue weighted by Gasteiger charge is -2.21. The molecule has 132 valence electrons. The van der Waals surface area contributed by atoms with Crippen molar-refractivity contribution in [1.82, 2.24) is 9.38 Å². The number of allylic oxidation sites excluding steroid dienone is 1. The van der Waals surface area contributed by atoms with Crippen molar-refractivity contribution in [2.24, 2.45) is 0 Å². The third-order valence-corrected chi connectivity index (χ3v) is 4.22. The maximum Gasteiger partial charge on any atom is 0.267 e. The van der Waals surface area contributed by atoms with Gasteiger partial charge in [-0.05, 0) is 30.2 Å². The van der Waals surface area contributed by atoms with Gasteiger partial charge in [-0.15, -0.1) is 0 Å². The summed E-state index contributed by atoms with van der Waals surface area (Å²) in [5, 5.41) is 18.2. The molecule has 0 aliphatic rings. The highest BCUT2D eigenvalue weighted by Gasteiger charge is 2.17. The fourth-order valence-electron chi connectivity index (χ4n) is 2.88. The van der Waals surface area contributed by atoms with Gasteiger partial charge in [0.1, 0.15) is 29.2 Å². The van der Waals surface area contributed by atoms with E-state index in [1.165, 1.54) is 10.5 Å². The number of benzene rings is 1. The molecule has 0 unspecified atom stereocenters. The number of rotatable bonds is 4. The van der Waals surface area contributed by atoms with Crippen LogP contribution < -0.4 is 10.5 Å². The summed E-state index contributed by atoms with van der Waals surface area (Å²) >= 11 is 0. The zero-order chi connectivity index (χ0) is 19.4. The van der Waals surface area contributed by atoms with Gasteiger partial charge < -0.3 is 4.90 Å². The van der Waals surface area contributed by atoms with Gasteiger partial charge in [-0.3, -0.25) is 9.20 Å². The van der Waals surface area contributed by atoms with E-state index in [4.69, 9.17) is 10.5 Å². The van der Waals surface area contributed by atoms with E-state index in [9.17, 15) is 4.79 Å². The molecule has 6 heteroatoms. The topological polar surface area (TPSA) is 85.2 Å². The van der Waals surface area contributed by atoms with Crippen LogP contribution in [0, 0.1) is 29.6 Å². The van der Waals surface area contributed by atoms with E-state index >= 15 is 0 Å². The van der Waals surface area contributed by atoms with Crippen LogP contribution in [0.4, 0.5) is 5.82 Å². The van der Waals surface area contributed by atoms with Crippen molar-refractivity contribution in [3.63, 3.8) is 0 Å². The van der Waals surface area contributed by atoms with Crippen LogP contribution in [0.25, 0.3) is 11.7 Å². The van der Waals surface area contributed by atoms with Gasteiger partial charge >= 0.3 is 0 Å². The Morgan fingerprint density at radius 1 is 1.19 bits per heavy atom.